The Bertz CT molecular complexity index is 481. The number of hydrogen-bond acceptors (Lipinski definition) is 0. The number of halogens is 1. The molecule has 0 aliphatic rings. The average Bonchev–Trinajstić information content (AvgIpc) is 2.34. The van der Waals surface area contributed by atoms with Crippen molar-refractivity contribution in [3.05, 3.63) is 75.4 Å². The minimum Gasteiger partial charge on any atom is -0.0792 e. The summed E-state index contributed by atoms with van der Waals surface area (Å²) in [7, 11) is 0. The fraction of sp³-hybridized carbons (Fsp3) is 0.0667. The summed E-state index contributed by atoms with van der Waals surface area (Å²) in [5.41, 5.74) is 3.83. The number of benzene rings is 2. The van der Waals surface area contributed by atoms with E-state index >= 15 is 0 Å². The van der Waals surface area contributed by atoms with Crippen molar-refractivity contribution in [1.29, 1.82) is 0 Å². The highest BCUT2D eigenvalue weighted by atomic mass is 127. The molecule has 0 aliphatic heterocycles. The second-order valence-electron chi connectivity index (χ2n) is 3.58. The quantitative estimate of drug-likeness (QED) is 0.701. The maximum atomic E-state index is 2.33. The summed E-state index contributed by atoms with van der Waals surface area (Å²) in [5, 5.41) is 0. The highest BCUT2D eigenvalue weighted by molar-refractivity contribution is 14.1. The molecule has 1 heteroatoms. The minimum absolute atomic E-state index is 1.27. The SMILES string of the molecule is C/C=C(/c1ccccc1)c1ccc(I)cc1. The number of allylic oxidation sites excluding steroid dienone is 1. The molecule has 16 heavy (non-hydrogen) atoms. The molecule has 2 aromatic carbocycles. The van der Waals surface area contributed by atoms with Gasteiger partial charge in [0.25, 0.3) is 0 Å². The van der Waals surface area contributed by atoms with E-state index in [0.717, 1.165) is 0 Å². The molecular formula is C15H13I. The third-order valence-electron chi connectivity index (χ3n) is 2.53. The van der Waals surface area contributed by atoms with Gasteiger partial charge in [-0.3, -0.25) is 0 Å². The predicted octanol–water partition coefficient (Wildman–Crippen LogP) is 4.74. The van der Waals surface area contributed by atoms with Gasteiger partial charge in [-0.1, -0.05) is 48.5 Å². The largest absolute Gasteiger partial charge is 0.0792 e. The molecule has 0 aromatic heterocycles. The molecule has 0 unspecified atom stereocenters. The summed E-state index contributed by atoms with van der Waals surface area (Å²) in [5.74, 6) is 0. The highest BCUT2D eigenvalue weighted by Crippen LogP contribution is 2.23. The first-order chi connectivity index (χ1) is 7.81. The van der Waals surface area contributed by atoms with Crippen LogP contribution in [-0.2, 0) is 0 Å². The Morgan fingerprint density at radius 2 is 1.44 bits per heavy atom. The Hall–Kier alpha value is -1.09. The lowest BCUT2D eigenvalue weighted by Crippen LogP contribution is -1.87. The van der Waals surface area contributed by atoms with Gasteiger partial charge in [-0.15, -0.1) is 0 Å². The Labute approximate surface area is 110 Å². The Balaban J connectivity index is 2.42. The molecule has 0 heterocycles. The van der Waals surface area contributed by atoms with Crippen LogP contribution in [0.2, 0.25) is 0 Å². The van der Waals surface area contributed by atoms with E-state index in [0.29, 0.717) is 0 Å². The van der Waals surface area contributed by atoms with E-state index < -0.39 is 0 Å². The van der Waals surface area contributed by atoms with Gasteiger partial charge in [0.1, 0.15) is 0 Å². The van der Waals surface area contributed by atoms with Crippen LogP contribution in [0.5, 0.6) is 0 Å². The molecule has 2 rings (SSSR count). The molecule has 0 atom stereocenters. The first-order valence-corrected chi connectivity index (χ1v) is 6.37. The highest BCUT2D eigenvalue weighted by Gasteiger charge is 2.02. The van der Waals surface area contributed by atoms with Gasteiger partial charge in [-0.2, -0.15) is 0 Å². The molecule has 0 saturated carbocycles. The van der Waals surface area contributed by atoms with Crippen LogP contribution in [0.25, 0.3) is 5.57 Å². The van der Waals surface area contributed by atoms with E-state index in [1.807, 2.05) is 6.07 Å². The maximum Gasteiger partial charge on any atom is 0.0130 e. The molecule has 0 radical (unpaired) electrons. The van der Waals surface area contributed by atoms with E-state index in [9.17, 15) is 0 Å². The minimum atomic E-state index is 1.27. The van der Waals surface area contributed by atoms with Crippen LogP contribution >= 0.6 is 22.6 Å². The Kier molecular flexibility index (Phi) is 3.78. The normalized spacial score (nSPS) is 11.5. The van der Waals surface area contributed by atoms with Gasteiger partial charge in [-0.25, -0.2) is 0 Å². The van der Waals surface area contributed by atoms with E-state index in [-0.39, 0.29) is 0 Å². The summed E-state index contributed by atoms with van der Waals surface area (Å²) in [6, 6.07) is 19.1. The Morgan fingerprint density at radius 3 is 2.00 bits per heavy atom. The molecule has 0 nitrogen and oxygen atoms in total. The van der Waals surface area contributed by atoms with Crippen LogP contribution in [0, 0.1) is 3.57 Å². The Morgan fingerprint density at radius 1 is 0.875 bits per heavy atom. The molecule has 0 saturated heterocycles. The third-order valence-corrected chi connectivity index (χ3v) is 3.25. The van der Waals surface area contributed by atoms with Crippen molar-refractivity contribution in [2.24, 2.45) is 0 Å². The number of hydrogen-bond donors (Lipinski definition) is 0. The van der Waals surface area contributed by atoms with Crippen molar-refractivity contribution >= 4 is 28.2 Å². The molecule has 0 fully saturated rings. The molecule has 80 valence electrons. The van der Waals surface area contributed by atoms with E-state index in [1.54, 1.807) is 0 Å². The van der Waals surface area contributed by atoms with Gasteiger partial charge >= 0.3 is 0 Å². The van der Waals surface area contributed by atoms with Gasteiger partial charge < -0.3 is 0 Å². The maximum absolute atomic E-state index is 2.33. The van der Waals surface area contributed by atoms with Crippen molar-refractivity contribution < 1.29 is 0 Å². The van der Waals surface area contributed by atoms with Crippen LogP contribution < -0.4 is 0 Å². The number of rotatable bonds is 2. The zero-order valence-corrected chi connectivity index (χ0v) is 11.3. The molecule has 0 aliphatic carbocycles. The lowest BCUT2D eigenvalue weighted by atomic mass is 9.98. The van der Waals surface area contributed by atoms with Gasteiger partial charge in [0.15, 0.2) is 0 Å². The molecule has 2 aromatic rings. The second-order valence-corrected chi connectivity index (χ2v) is 4.82. The molecular weight excluding hydrogens is 307 g/mol. The van der Waals surface area contributed by atoms with Crippen molar-refractivity contribution in [3.63, 3.8) is 0 Å². The van der Waals surface area contributed by atoms with Crippen LogP contribution in [0.15, 0.2) is 60.7 Å². The van der Waals surface area contributed by atoms with Crippen molar-refractivity contribution in [3.8, 4) is 0 Å². The van der Waals surface area contributed by atoms with Crippen LogP contribution in [0.3, 0.4) is 0 Å². The zero-order chi connectivity index (χ0) is 11.4. The van der Waals surface area contributed by atoms with Gasteiger partial charge in [0.2, 0.25) is 0 Å². The lowest BCUT2D eigenvalue weighted by molar-refractivity contribution is 1.51. The predicted molar refractivity (Wildman–Crippen MR) is 78.4 cm³/mol. The average molecular weight is 320 g/mol. The second kappa shape index (κ2) is 5.30. The van der Waals surface area contributed by atoms with Gasteiger partial charge in [-0.05, 0) is 58.3 Å². The fourth-order valence-corrected chi connectivity index (χ4v) is 2.11. The van der Waals surface area contributed by atoms with Crippen molar-refractivity contribution in [2.45, 2.75) is 6.92 Å². The molecule has 0 spiro atoms. The van der Waals surface area contributed by atoms with Crippen LogP contribution in [0.4, 0.5) is 0 Å². The monoisotopic (exact) mass is 320 g/mol. The van der Waals surface area contributed by atoms with E-state index in [4.69, 9.17) is 0 Å². The summed E-state index contributed by atoms with van der Waals surface area (Å²) in [4.78, 5) is 0. The first kappa shape index (κ1) is 11.4. The first-order valence-electron chi connectivity index (χ1n) is 5.29. The summed E-state index contributed by atoms with van der Waals surface area (Å²) in [6.45, 7) is 2.08. The van der Waals surface area contributed by atoms with E-state index in [1.165, 1.54) is 20.3 Å². The summed E-state index contributed by atoms with van der Waals surface area (Å²) >= 11 is 2.33. The van der Waals surface area contributed by atoms with Crippen molar-refractivity contribution in [1.82, 2.24) is 0 Å². The third kappa shape index (κ3) is 2.53. The van der Waals surface area contributed by atoms with E-state index in [2.05, 4.69) is 84.1 Å². The summed E-state index contributed by atoms with van der Waals surface area (Å²) in [6.07, 6.45) is 2.16. The van der Waals surface area contributed by atoms with Crippen LogP contribution in [0.1, 0.15) is 18.1 Å². The topological polar surface area (TPSA) is 0 Å². The van der Waals surface area contributed by atoms with Crippen LogP contribution in [-0.4, -0.2) is 0 Å². The standard InChI is InChI=1S/C15H13I/c1-2-15(12-6-4-3-5-7-12)13-8-10-14(16)11-9-13/h2-11H,1H3/b15-2-. The van der Waals surface area contributed by atoms with Gasteiger partial charge in [0.05, 0.1) is 0 Å². The lowest BCUT2D eigenvalue weighted by Gasteiger charge is -2.07. The summed E-state index contributed by atoms with van der Waals surface area (Å²) < 4.78 is 1.27. The van der Waals surface area contributed by atoms with Crippen molar-refractivity contribution in [2.75, 3.05) is 0 Å². The smallest absolute Gasteiger partial charge is 0.0130 e. The zero-order valence-electron chi connectivity index (χ0n) is 9.15. The molecule has 0 N–H and O–H groups in total. The van der Waals surface area contributed by atoms with Gasteiger partial charge in [0, 0.05) is 3.57 Å². The molecule has 0 amide bonds. The molecule has 0 bridgehead atoms. The fourth-order valence-electron chi connectivity index (χ4n) is 1.75.